The zero-order chi connectivity index (χ0) is 11.3. The summed E-state index contributed by atoms with van der Waals surface area (Å²) < 4.78 is 0. The van der Waals surface area contributed by atoms with Gasteiger partial charge in [-0.05, 0) is 31.9 Å². The van der Waals surface area contributed by atoms with Crippen LogP contribution >= 0.6 is 0 Å². The molecule has 0 atom stereocenters. The molecule has 0 saturated carbocycles. The van der Waals surface area contributed by atoms with Gasteiger partial charge in [-0.3, -0.25) is 0 Å². The Bertz CT molecular complexity index is 406. The van der Waals surface area contributed by atoms with Gasteiger partial charge in [0, 0.05) is 0 Å². The number of hydrogen-bond donors (Lipinski definition) is 0. The van der Waals surface area contributed by atoms with Crippen LogP contribution in [0.4, 0.5) is 0 Å². The fourth-order valence-electron chi connectivity index (χ4n) is 1.50. The van der Waals surface area contributed by atoms with E-state index < -0.39 is 0 Å². The van der Waals surface area contributed by atoms with Crippen LogP contribution in [0, 0.1) is 6.92 Å². The van der Waals surface area contributed by atoms with Crippen molar-refractivity contribution in [3.05, 3.63) is 65.8 Å². The largest absolute Gasteiger partial charge is 0.0961 e. The Morgan fingerprint density at radius 1 is 1.33 bits per heavy atom. The minimum atomic E-state index is 1.07. The first-order valence-electron chi connectivity index (χ1n) is 5.20. The van der Waals surface area contributed by atoms with Crippen molar-refractivity contribution >= 4 is 5.57 Å². The summed E-state index contributed by atoms with van der Waals surface area (Å²) in [4.78, 5) is 0. The van der Waals surface area contributed by atoms with Gasteiger partial charge < -0.3 is 0 Å². The highest BCUT2D eigenvalue weighted by molar-refractivity contribution is 5.76. The highest BCUT2D eigenvalue weighted by Gasteiger charge is 1.97. The molecule has 1 rings (SSSR count). The summed E-state index contributed by atoms with van der Waals surface area (Å²) in [7, 11) is 0. The molecule has 1 aromatic carbocycles. The van der Waals surface area contributed by atoms with Crippen molar-refractivity contribution in [2.75, 3.05) is 0 Å². The van der Waals surface area contributed by atoms with Gasteiger partial charge >= 0.3 is 0 Å². The molecule has 15 heavy (non-hydrogen) atoms. The fraction of sp³-hybridized carbons (Fsp3) is 0.200. The highest BCUT2D eigenvalue weighted by Crippen LogP contribution is 2.18. The molecule has 0 radical (unpaired) electrons. The van der Waals surface area contributed by atoms with E-state index in [9.17, 15) is 0 Å². The van der Waals surface area contributed by atoms with Crippen molar-refractivity contribution in [2.24, 2.45) is 0 Å². The minimum Gasteiger partial charge on any atom is -0.0961 e. The molecule has 0 heterocycles. The molecular weight excluding hydrogens is 180 g/mol. The van der Waals surface area contributed by atoms with Crippen LogP contribution in [0.5, 0.6) is 0 Å². The van der Waals surface area contributed by atoms with Crippen LogP contribution in [0.25, 0.3) is 5.57 Å². The minimum absolute atomic E-state index is 1.07. The van der Waals surface area contributed by atoms with Crippen LogP contribution < -0.4 is 0 Å². The highest BCUT2D eigenvalue weighted by atomic mass is 14.0. The maximum Gasteiger partial charge on any atom is -0.0181 e. The average molecular weight is 198 g/mol. The number of allylic oxidation sites excluding steroid dienone is 5. The number of hydrogen-bond acceptors (Lipinski definition) is 0. The second kappa shape index (κ2) is 5.35. The average Bonchev–Trinajstić information content (AvgIpc) is 2.16. The molecule has 0 N–H and O–H groups in total. The van der Waals surface area contributed by atoms with Gasteiger partial charge in [0.05, 0.1) is 0 Å². The maximum absolute atomic E-state index is 3.91. The van der Waals surface area contributed by atoms with Crippen LogP contribution in [0.15, 0.2) is 54.6 Å². The maximum atomic E-state index is 3.91. The standard InChI is InChI=1S/C15H18/c1-5-7-14(10-12(2)3)15-9-6-8-13(4)11-15/h5-11H,2H2,1,3-4H3/b7-5-,14-10+. The first-order valence-corrected chi connectivity index (χ1v) is 5.20. The van der Waals surface area contributed by atoms with Crippen LogP contribution in [-0.2, 0) is 0 Å². The Balaban J connectivity index is 3.15. The van der Waals surface area contributed by atoms with Crippen LogP contribution in [-0.4, -0.2) is 0 Å². The predicted molar refractivity (Wildman–Crippen MR) is 68.8 cm³/mol. The van der Waals surface area contributed by atoms with E-state index in [4.69, 9.17) is 0 Å². The van der Waals surface area contributed by atoms with E-state index >= 15 is 0 Å². The summed E-state index contributed by atoms with van der Waals surface area (Å²) in [5.41, 5.74) is 4.82. The lowest BCUT2D eigenvalue weighted by atomic mass is 10.0. The van der Waals surface area contributed by atoms with Crippen molar-refractivity contribution in [3.63, 3.8) is 0 Å². The van der Waals surface area contributed by atoms with Gasteiger partial charge in [-0.2, -0.15) is 0 Å². The molecule has 0 aliphatic rings. The third-order valence-corrected chi connectivity index (χ3v) is 2.10. The van der Waals surface area contributed by atoms with E-state index in [0.29, 0.717) is 0 Å². The molecule has 0 aliphatic carbocycles. The normalized spacial score (nSPS) is 12.1. The molecule has 0 heteroatoms. The lowest BCUT2D eigenvalue weighted by molar-refractivity contribution is 1.44. The molecule has 78 valence electrons. The van der Waals surface area contributed by atoms with Gasteiger partial charge in [0.2, 0.25) is 0 Å². The fourth-order valence-corrected chi connectivity index (χ4v) is 1.50. The summed E-state index contributed by atoms with van der Waals surface area (Å²) >= 11 is 0. The lowest BCUT2D eigenvalue weighted by Crippen LogP contribution is -1.83. The third kappa shape index (κ3) is 3.59. The van der Waals surface area contributed by atoms with Gasteiger partial charge in [0.25, 0.3) is 0 Å². The molecule has 0 bridgehead atoms. The Kier molecular flexibility index (Phi) is 4.11. The van der Waals surface area contributed by atoms with Crippen LogP contribution in [0.1, 0.15) is 25.0 Å². The monoisotopic (exact) mass is 198 g/mol. The quantitative estimate of drug-likeness (QED) is 0.626. The van der Waals surface area contributed by atoms with Crippen molar-refractivity contribution in [2.45, 2.75) is 20.8 Å². The van der Waals surface area contributed by atoms with Crippen molar-refractivity contribution in [1.29, 1.82) is 0 Å². The van der Waals surface area contributed by atoms with Crippen molar-refractivity contribution in [3.8, 4) is 0 Å². The van der Waals surface area contributed by atoms with Crippen LogP contribution in [0.3, 0.4) is 0 Å². The number of benzene rings is 1. The van der Waals surface area contributed by atoms with Gasteiger partial charge in [0.15, 0.2) is 0 Å². The summed E-state index contributed by atoms with van der Waals surface area (Å²) in [5.74, 6) is 0. The lowest BCUT2D eigenvalue weighted by Gasteiger charge is -2.04. The smallest absolute Gasteiger partial charge is 0.0181 e. The third-order valence-electron chi connectivity index (χ3n) is 2.10. The Hall–Kier alpha value is -1.56. The van der Waals surface area contributed by atoms with E-state index in [-0.39, 0.29) is 0 Å². The molecule has 0 unspecified atom stereocenters. The van der Waals surface area contributed by atoms with Crippen molar-refractivity contribution < 1.29 is 0 Å². The summed E-state index contributed by atoms with van der Waals surface area (Å²) in [6.45, 7) is 10.1. The van der Waals surface area contributed by atoms with Crippen LogP contribution in [0.2, 0.25) is 0 Å². The first kappa shape index (κ1) is 11.5. The van der Waals surface area contributed by atoms with Gasteiger partial charge in [-0.25, -0.2) is 0 Å². The van der Waals surface area contributed by atoms with Gasteiger partial charge in [0.1, 0.15) is 0 Å². The Morgan fingerprint density at radius 2 is 2.07 bits per heavy atom. The van der Waals surface area contributed by atoms with E-state index in [1.54, 1.807) is 0 Å². The zero-order valence-corrected chi connectivity index (χ0v) is 9.75. The zero-order valence-electron chi connectivity index (χ0n) is 9.75. The summed E-state index contributed by atoms with van der Waals surface area (Å²) in [6, 6.07) is 8.51. The van der Waals surface area contributed by atoms with E-state index in [2.05, 4.69) is 56.0 Å². The molecule has 1 aromatic rings. The molecule has 0 amide bonds. The van der Waals surface area contributed by atoms with Gasteiger partial charge in [-0.15, -0.1) is 0 Å². The molecular formula is C15H18. The number of rotatable bonds is 3. The summed E-state index contributed by atoms with van der Waals surface area (Å²) in [5, 5.41) is 0. The summed E-state index contributed by atoms with van der Waals surface area (Å²) in [6.07, 6.45) is 6.27. The Labute approximate surface area is 92.6 Å². The number of aryl methyl sites for hydroxylation is 1. The van der Waals surface area contributed by atoms with Crippen molar-refractivity contribution in [1.82, 2.24) is 0 Å². The topological polar surface area (TPSA) is 0 Å². The SMILES string of the molecule is C=C(C)/C=C(\C=C/C)c1cccc(C)c1. The Morgan fingerprint density at radius 3 is 2.60 bits per heavy atom. The molecule has 0 aromatic heterocycles. The van der Waals surface area contributed by atoms with E-state index in [1.807, 2.05) is 13.8 Å². The molecule has 0 nitrogen and oxygen atoms in total. The molecule has 0 spiro atoms. The molecule has 0 fully saturated rings. The second-order valence-corrected chi connectivity index (χ2v) is 3.82. The predicted octanol–water partition coefficient (Wildman–Crippen LogP) is 4.53. The van der Waals surface area contributed by atoms with E-state index in [0.717, 1.165) is 5.57 Å². The molecule has 0 saturated heterocycles. The molecule has 0 aliphatic heterocycles. The van der Waals surface area contributed by atoms with Gasteiger partial charge in [-0.1, -0.05) is 60.2 Å². The second-order valence-electron chi connectivity index (χ2n) is 3.82. The first-order chi connectivity index (χ1) is 7.13. The van der Waals surface area contributed by atoms with E-state index in [1.165, 1.54) is 16.7 Å².